The van der Waals surface area contributed by atoms with E-state index in [0.717, 1.165) is 38.9 Å². The number of hydrogen-bond acceptors (Lipinski definition) is 7. The van der Waals surface area contributed by atoms with Crippen molar-refractivity contribution < 1.29 is 4.79 Å². The Morgan fingerprint density at radius 2 is 2.14 bits per heavy atom. The van der Waals surface area contributed by atoms with Crippen LogP contribution >= 0.6 is 11.3 Å². The highest BCUT2D eigenvalue weighted by molar-refractivity contribution is 7.14. The third-order valence-corrected chi connectivity index (χ3v) is 5.70. The molecule has 1 aliphatic heterocycles. The highest BCUT2D eigenvalue weighted by atomic mass is 32.1. The van der Waals surface area contributed by atoms with Gasteiger partial charge in [0.15, 0.2) is 0 Å². The summed E-state index contributed by atoms with van der Waals surface area (Å²) in [4.78, 5) is 27.8. The molecule has 0 unspecified atom stereocenters. The van der Waals surface area contributed by atoms with Crippen LogP contribution in [0.2, 0.25) is 0 Å². The van der Waals surface area contributed by atoms with Crippen LogP contribution in [0.4, 0.5) is 0 Å². The molecule has 9 heteroatoms. The second-order valence-corrected chi connectivity index (χ2v) is 7.90. The van der Waals surface area contributed by atoms with Crippen molar-refractivity contribution >= 4 is 28.1 Å². The number of hydrogen-bond donors (Lipinski definition) is 0. The maximum atomic E-state index is 12.7. The minimum Gasteiger partial charge on any atom is -0.333 e. The van der Waals surface area contributed by atoms with Gasteiger partial charge in [-0.05, 0) is 13.0 Å². The van der Waals surface area contributed by atoms with Gasteiger partial charge in [-0.15, -0.1) is 10.2 Å². The number of aromatic nitrogens is 6. The fraction of sp³-hybridized carbons (Fsp3) is 0.263. The lowest BCUT2D eigenvalue weighted by Crippen LogP contribution is -2.39. The fourth-order valence-corrected chi connectivity index (χ4v) is 4.01. The largest absolute Gasteiger partial charge is 0.333 e. The molecule has 0 aliphatic carbocycles. The first-order valence-corrected chi connectivity index (χ1v) is 9.81. The van der Waals surface area contributed by atoms with Crippen molar-refractivity contribution in [2.45, 2.75) is 26.4 Å². The van der Waals surface area contributed by atoms with Crippen molar-refractivity contribution in [1.82, 2.24) is 34.6 Å². The molecule has 4 aromatic rings. The molecule has 0 saturated heterocycles. The van der Waals surface area contributed by atoms with E-state index in [1.165, 1.54) is 0 Å². The molecule has 1 amide bonds. The topological polar surface area (TPSA) is 89.7 Å². The van der Waals surface area contributed by atoms with E-state index >= 15 is 0 Å². The molecule has 0 spiro atoms. The second-order valence-electron chi connectivity index (χ2n) is 6.71. The lowest BCUT2D eigenvalue weighted by atomic mass is 10.1. The van der Waals surface area contributed by atoms with Gasteiger partial charge in [-0.2, -0.15) is 0 Å². The lowest BCUT2D eigenvalue weighted by molar-refractivity contribution is -0.132. The zero-order valence-corrected chi connectivity index (χ0v) is 16.1. The molecule has 0 fully saturated rings. The van der Waals surface area contributed by atoms with Crippen LogP contribution in [0, 0.1) is 6.92 Å². The molecule has 0 radical (unpaired) electrons. The van der Waals surface area contributed by atoms with E-state index in [-0.39, 0.29) is 12.3 Å². The molecule has 3 aromatic heterocycles. The van der Waals surface area contributed by atoms with E-state index in [2.05, 4.69) is 29.7 Å². The SMILES string of the molecule is Cc1nnc(-c2ccc3cnc(CC(=O)N4CCn5ccnc5C4)nc3c2)s1. The van der Waals surface area contributed by atoms with Gasteiger partial charge >= 0.3 is 0 Å². The van der Waals surface area contributed by atoms with Gasteiger partial charge in [-0.3, -0.25) is 4.79 Å². The van der Waals surface area contributed by atoms with Crippen LogP contribution in [0.3, 0.4) is 0 Å². The summed E-state index contributed by atoms with van der Waals surface area (Å²) in [6, 6.07) is 5.94. The van der Waals surface area contributed by atoms with E-state index in [0.29, 0.717) is 18.9 Å². The number of rotatable bonds is 3. The van der Waals surface area contributed by atoms with Crippen molar-refractivity contribution in [1.29, 1.82) is 0 Å². The molecule has 140 valence electrons. The predicted molar refractivity (Wildman–Crippen MR) is 105 cm³/mol. The van der Waals surface area contributed by atoms with E-state index < -0.39 is 0 Å². The Bertz CT molecular complexity index is 1180. The molecule has 4 heterocycles. The van der Waals surface area contributed by atoms with Crippen molar-refractivity contribution in [2.75, 3.05) is 6.54 Å². The zero-order valence-electron chi connectivity index (χ0n) is 15.2. The Morgan fingerprint density at radius 1 is 1.21 bits per heavy atom. The van der Waals surface area contributed by atoms with E-state index in [4.69, 9.17) is 0 Å². The first kappa shape index (κ1) is 16.9. The van der Waals surface area contributed by atoms with Crippen molar-refractivity contribution in [3.05, 3.63) is 53.4 Å². The van der Waals surface area contributed by atoms with Crippen LogP contribution in [-0.2, 0) is 24.3 Å². The highest BCUT2D eigenvalue weighted by Crippen LogP contribution is 2.26. The molecule has 0 bridgehead atoms. The Balaban J connectivity index is 1.38. The quantitative estimate of drug-likeness (QED) is 0.532. The van der Waals surface area contributed by atoms with Gasteiger partial charge in [0.05, 0.1) is 18.5 Å². The molecule has 0 atom stereocenters. The summed E-state index contributed by atoms with van der Waals surface area (Å²) in [5.41, 5.74) is 1.77. The number of benzene rings is 1. The van der Waals surface area contributed by atoms with Crippen LogP contribution in [0.25, 0.3) is 21.5 Å². The summed E-state index contributed by atoms with van der Waals surface area (Å²) in [6.07, 6.45) is 5.66. The number of fused-ring (bicyclic) bond motifs is 2. The van der Waals surface area contributed by atoms with E-state index in [1.807, 2.05) is 36.2 Å². The van der Waals surface area contributed by atoms with Crippen LogP contribution in [0.5, 0.6) is 0 Å². The normalized spacial score (nSPS) is 13.7. The summed E-state index contributed by atoms with van der Waals surface area (Å²) in [7, 11) is 0. The summed E-state index contributed by atoms with van der Waals surface area (Å²) >= 11 is 1.54. The summed E-state index contributed by atoms with van der Waals surface area (Å²) in [6.45, 7) is 3.90. The van der Waals surface area contributed by atoms with Crippen LogP contribution in [-0.4, -0.2) is 47.1 Å². The summed E-state index contributed by atoms with van der Waals surface area (Å²) in [5.74, 6) is 1.46. The Morgan fingerprint density at radius 3 is 3.00 bits per heavy atom. The molecule has 8 nitrogen and oxygen atoms in total. The maximum absolute atomic E-state index is 12.7. The minimum atomic E-state index is 0.0181. The standard InChI is InChI=1S/C19H17N7OS/c1-12-23-24-19(28-12)13-2-3-14-10-21-16(22-15(14)8-13)9-18(27)26-7-6-25-5-4-20-17(25)11-26/h2-5,8,10H,6-7,9,11H2,1H3. The van der Waals surface area contributed by atoms with Crippen LogP contribution < -0.4 is 0 Å². The average Bonchev–Trinajstić information content (AvgIpc) is 3.35. The molecule has 1 aliphatic rings. The minimum absolute atomic E-state index is 0.0181. The summed E-state index contributed by atoms with van der Waals surface area (Å²) in [5, 5.41) is 11.0. The van der Waals surface area contributed by atoms with Crippen molar-refractivity contribution in [3.63, 3.8) is 0 Å². The molecule has 1 aromatic carbocycles. The van der Waals surface area contributed by atoms with Crippen LogP contribution in [0.15, 0.2) is 36.8 Å². The van der Waals surface area contributed by atoms with Crippen molar-refractivity contribution in [2.24, 2.45) is 0 Å². The van der Waals surface area contributed by atoms with Gasteiger partial charge in [-0.1, -0.05) is 23.5 Å². The van der Waals surface area contributed by atoms with Crippen LogP contribution in [0.1, 0.15) is 16.7 Å². The second kappa shape index (κ2) is 6.75. The zero-order chi connectivity index (χ0) is 19.1. The monoisotopic (exact) mass is 391 g/mol. The third kappa shape index (κ3) is 3.13. The number of nitrogens with zero attached hydrogens (tertiary/aromatic N) is 7. The highest BCUT2D eigenvalue weighted by Gasteiger charge is 2.22. The number of amides is 1. The average molecular weight is 391 g/mol. The molecule has 28 heavy (non-hydrogen) atoms. The molecule has 0 saturated carbocycles. The van der Waals surface area contributed by atoms with Gasteiger partial charge in [0.25, 0.3) is 0 Å². The number of aryl methyl sites for hydroxylation is 1. The van der Waals surface area contributed by atoms with Gasteiger partial charge in [-0.25, -0.2) is 15.0 Å². The molecular formula is C19H17N7OS. The van der Waals surface area contributed by atoms with E-state index in [1.54, 1.807) is 23.7 Å². The molecule has 0 N–H and O–H groups in total. The number of carbonyl (C=O) groups is 1. The van der Waals surface area contributed by atoms with Gasteiger partial charge in [0.1, 0.15) is 21.7 Å². The molecule has 5 rings (SSSR count). The summed E-state index contributed by atoms with van der Waals surface area (Å²) < 4.78 is 2.08. The maximum Gasteiger partial charge on any atom is 0.230 e. The number of imidazole rings is 1. The Labute approximate surface area is 164 Å². The van der Waals surface area contributed by atoms with E-state index in [9.17, 15) is 4.79 Å². The Hall–Kier alpha value is -3.20. The third-order valence-electron chi connectivity index (χ3n) is 4.81. The smallest absolute Gasteiger partial charge is 0.230 e. The van der Waals surface area contributed by atoms with Gasteiger partial charge in [0, 0.05) is 42.6 Å². The fourth-order valence-electron chi connectivity index (χ4n) is 3.33. The predicted octanol–water partition coefficient (Wildman–Crippen LogP) is 2.24. The van der Waals surface area contributed by atoms with Crippen molar-refractivity contribution in [3.8, 4) is 10.6 Å². The number of carbonyl (C=O) groups excluding carboxylic acids is 1. The van der Waals surface area contributed by atoms with Gasteiger partial charge in [0.2, 0.25) is 5.91 Å². The van der Waals surface area contributed by atoms with Gasteiger partial charge < -0.3 is 9.47 Å². The lowest BCUT2D eigenvalue weighted by Gasteiger charge is -2.27. The first-order chi connectivity index (χ1) is 13.7. The Kier molecular flexibility index (Phi) is 4.09. The first-order valence-electron chi connectivity index (χ1n) is 9.00. The molecular weight excluding hydrogens is 374 g/mol.